The van der Waals surface area contributed by atoms with Gasteiger partial charge in [0.05, 0.1) is 22.9 Å². The van der Waals surface area contributed by atoms with E-state index < -0.39 is 5.60 Å². The van der Waals surface area contributed by atoms with Gasteiger partial charge in [-0.15, -0.1) is 0 Å². The zero-order chi connectivity index (χ0) is 16.9. The summed E-state index contributed by atoms with van der Waals surface area (Å²) in [5.41, 5.74) is 2.30. The standard InChI is InChI=1S/C18H20N4O2/c1-12(2)22-17(23)7-6-14(19-22)13-5-3-10-21-15(13)11-16(20-21)18(24)8-4-9-18/h3,5-7,10-12,24H,4,8-9H2,1-2H3. The predicted octanol–water partition coefficient (Wildman–Crippen LogP) is 2.51. The Morgan fingerprint density at radius 3 is 2.67 bits per heavy atom. The Bertz CT molecular complexity index is 967. The topological polar surface area (TPSA) is 72.4 Å². The lowest BCUT2D eigenvalue weighted by Crippen LogP contribution is -2.34. The smallest absolute Gasteiger partial charge is 0.267 e. The largest absolute Gasteiger partial charge is 0.383 e. The average molecular weight is 324 g/mol. The summed E-state index contributed by atoms with van der Waals surface area (Å²) in [5.74, 6) is 0. The summed E-state index contributed by atoms with van der Waals surface area (Å²) in [6, 6.07) is 9.07. The van der Waals surface area contributed by atoms with Crippen LogP contribution in [0.5, 0.6) is 0 Å². The molecule has 0 bridgehead atoms. The Morgan fingerprint density at radius 2 is 2.00 bits per heavy atom. The van der Waals surface area contributed by atoms with Crippen LogP contribution in [0.3, 0.4) is 0 Å². The molecule has 6 nitrogen and oxygen atoms in total. The third-order valence-corrected chi connectivity index (χ3v) is 4.75. The molecule has 0 saturated heterocycles. The zero-order valence-corrected chi connectivity index (χ0v) is 13.8. The van der Waals surface area contributed by atoms with Gasteiger partial charge in [0.15, 0.2) is 0 Å². The molecule has 3 heterocycles. The first-order chi connectivity index (χ1) is 11.5. The van der Waals surface area contributed by atoms with E-state index in [0.717, 1.165) is 36.0 Å². The monoisotopic (exact) mass is 324 g/mol. The molecule has 1 N–H and O–H groups in total. The molecule has 24 heavy (non-hydrogen) atoms. The van der Waals surface area contributed by atoms with Crippen molar-refractivity contribution in [1.82, 2.24) is 19.4 Å². The van der Waals surface area contributed by atoms with E-state index in [1.807, 2.05) is 38.2 Å². The summed E-state index contributed by atoms with van der Waals surface area (Å²) in [6.07, 6.45) is 4.40. The van der Waals surface area contributed by atoms with Crippen LogP contribution in [0, 0.1) is 0 Å². The molecule has 0 spiro atoms. The Morgan fingerprint density at radius 1 is 1.21 bits per heavy atom. The van der Waals surface area contributed by atoms with Crippen LogP contribution >= 0.6 is 0 Å². The van der Waals surface area contributed by atoms with Crippen molar-refractivity contribution in [2.45, 2.75) is 44.8 Å². The van der Waals surface area contributed by atoms with E-state index >= 15 is 0 Å². The third-order valence-electron chi connectivity index (χ3n) is 4.75. The molecule has 1 saturated carbocycles. The number of hydrogen-bond donors (Lipinski definition) is 1. The third kappa shape index (κ3) is 2.26. The van der Waals surface area contributed by atoms with Crippen LogP contribution in [-0.4, -0.2) is 24.5 Å². The SMILES string of the molecule is CC(C)n1nc(-c2cccn3nc(C4(O)CCC4)cc23)ccc1=O. The minimum atomic E-state index is -0.798. The Hall–Kier alpha value is -2.47. The molecule has 3 aromatic rings. The number of pyridine rings is 1. The Labute approximate surface area is 139 Å². The lowest BCUT2D eigenvalue weighted by Gasteiger charge is -2.34. The second-order valence-corrected chi connectivity index (χ2v) is 6.76. The molecule has 0 aliphatic heterocycles. The number of fused-ring (bicyclic) bond motifs is 1. The van der Waals surface area contributed by atoms with Crippen LogP contribution in [0.15, 0.2) is 41.3 Å². The molecule has 4 rings (SSSR count). The lowest BCUT2D eigenvalue weighted by atomic mass is 9.78. The number of nitrogens with zero attached hydrogens (tertiary/aromatic N) is 4. The number of aliphatic hydroxyl groups is 1. The molecule has 0 unspecified atom stereocenters. The fraction of sp³-hybridized carbons (Fsp3) is 0.389. The van der Waals surface area contributed by atoms with E-state index in [9.17, 15) is 9.90 Å². The number of aromatic nitrogens is 4. The Kier molecular flexibility index (Phi) is 3.31. The van der Waals surface area contributed by atoms with E-state index in [1.165, 1.54) is 4.68 Å². The normalized spacial score (nSPS) is 16.5. The van der Waals surface area contributed by atoms with Crippen molar-refractivity contribution in [3.63, 3.8) is 0 Å². The van der Waals surface area contributed by atoms with Crippen molar-refractivity contribution >= 4 is 5.52 Å². The molecule has 0 aromatic carbocycles. The van der Waals surface area contributed by atoms with Crippen molar-refractivity contribution in [2.24, 2.45) is 0 Å². The maximum absolute atomic E-state index is 11.9. The first kappa shape index (κ1) is 15.1. The fourth-order valence-corrected chi connectivity index (χ4v) is 3.17. The van der Waals surface area contributed by atoms with Gasteiger partial charge in [0.2, 0.25) is 0 Å². The molecule has 6 heteroatoms. The number of rotatable bonds is 3. The summed E-state index contributed by atoms with van der Waals surface area (Å²) < 4.78 is 3.25. The van der Waals surface area contributed by atoms with Gasteiger partial charge < -0.3 is 5.11 Å². The van der Waals surface area contributed by atoms with Crippen molar-refractivity contribution in [3.8, 4) is 11.3 Å². The summed E-state index contributed by atoms with van der Waals surface area (Å²) >= 11 is 0. The minimum absolute atomic E-state index is 0.00616. The molecule has 0 atom stereocenters. The highest BCUT2D eigenvalue weighted by Gasteiger charge is 2.38. The zero-order valence-electron chi connectivity index (χ0n) is 13.8. The van der Waals surface area contributed by atoms with E-state index in [0.29, 0.717) is 5.69 Å². The molecule has 124 valence electrons. The molecule has 0 amide bonds. The van der Waals surface area contributed by atoms with Crippen LogP contribution in [0.1, 0.15) is 44.8 Å². The number of hydrogen-bond acceptors (Lipinski definition) is 4. The molecule has 0 radical (unpaired) electrons. The van der Waals surface area contributed by atoms with Gasteiger partial charge in [-0.1, -0.05) is 0 Å². The van der Waals surface area contributed by atoms with Gasteiger partial charge in [-0.05, 0) is 57.4 Å². The van der Waals surface area contributed by atoms with Gasteiger partial charge >= 0.3 is 0 Å². The van der Waals surface area contributed by atoms with Crippen molar-refractivity contribution in [3.05, 3.63) is 52.6 Å². The van der Waals surface area contributed by atoms with Crippen molar-refractivity contribution in [1.29, 1.82) is 0 Å². The summed E-state index contributed by atoms with van der Waals surface area (Å²) in [5, 5.41) is 19.6. The molecular weight excluding hydrogens is 304 g/mol. The van der Waals surface area contributed by atoms with Crippen molar-refractivity contribution in [2.75, 3.05) is 0 Å². The maximum Gasteiger partial charge on any atom is 0.267 e. The summed E-state index contributed by atoms with van der Waals surface area (Å²) in [4.78, 5) is 11.9. The van der Waals surface area contributed by atoms with Crippen molar-refractivity contribution < 1.29 is 5.11 Å². The van der Waals surface area contributed by atoms with Crippen LogP contribution in [0.4, 0.5) is 0 Å². The van der Waals surface area contributed by atoms with Gasteiger partial charge in [-0.25, -0.2) is 9.20 Å². The first-order valence-electron chi connectivity index (χ1n) is 8.29. The maximum atomic E-state index is 11.9. The highest BCUT2D eigenvalue weighted by atomic mass is 16.3. The summed E-state index contributed by atoms with van der Waals surface area (Å²) in [7, 11) is 0. The highest BCUT2D eigenvalue weighted by Crippen LogP contribution is 2.41. The minimum Gasteiger partial charge on any atom is -0.383 e. The van der Waals surface area contributed by atoms with Crippen LogP contribution < -0.4 is 5.56 Å². The van der Waals surface area contributed by atoms with Gasteiger partial charge in [-0.2, -0.15) is 10.2 Å². The fourth-order valence-electron chi connectivity index (χ4n) is 3.17. The van der Waals surface area contributed by atoms with E-state index in [-0.39, 0.29) is 11.6 Å². The first-order valence-corrected chi connectivity index (χ1v) is 8.29. The molecule has 1 aliphatic rings. The van der Waals surface area contributed by atoms with Gasteiger partial charge in [0, 0.05) is 17.8 Å². The average Bonchev–Trinajstić information content (AvgIpc) is 2.97. The van der Waals surface area contributed by atoms with E-state index in [1.54, 1.807) is 16.6 Å². The molecule has 1 fully saturated rings. The molecule has 3 aromatic heterocycles. The van der Waals surface area contributed by atoms with Crippen LogP contribution in [0.2, 0.25) is 0 Å². The molecular formula is C18H20N4O2. The van der Waals surface area contributed by atoms with Gasteiger partial charge in [0.1, 0.15) is 5.60 Å². The lowest BCUT2D eigenvalue weighted by molar-refractivity contribution is -0.0428. The summed E-state index contributed by atoms with van der Waals surface area (Å²) in [6.45, 7) is 3.86. The highest BCUT2D eigenvalue weighted by molar-refractivity contribution is 5.78. The van der Waals surface area contributed by atoms with Crippen LogP contribution in [0.25, 0.3) is 16.8 Å². The predicted molar refractivity (Wildman–Crippen MR) is 90.8 cm³/mol. The second kappa shape index (κ2) is 5.27. The van der Waals surface area contributed by atoms with E-state index in [4.69, 9.17) is 0 Å². The second-order valence-electron chi connectivity index (χ2n) is 6.76. The van der Waals surface area contributed by atoms with E-state index in [2.05, 4.69) is 10.2 Å². The Balaban J connectivity index is 1.88. The molecule has 1 aliphatic carbocycles. The van der Waals surface area contributed by atoms with Gasteiger partial charge in [0.25, 0.3) is 5.56 Å². The van der Waals surface area contributed by atoms with Gasteiger partial charge in [-0.3, -0.25) is 4.79 Å². The quantitative estimate of drug-likeness (QED) is 0.803. The van der Waals surface area contributed by atoms with Crippen LogP contribution in [-0.2, 0) is 5.60 Å².